The zero-order chi connectivity index (χ0) is 16.3. The summed E-state index contributed by atoms with van der Waals surface area (Å²) in [5, 5.41) is 14.3. The molecule has 1 heterocycles. The highest BCUT2D eigenvalue weighted by Crippen LogP contribution is 2.31. The predicted molar refractivity (Wildman–Crippen MR) is 88.7 cm³/mol. The third-order valence-corrected chi connectivity index (χ3v) is 3.48. The molecule has 1 aromatic carbocycles. The zero-order valence-electron chi connectivity index (χ0n) is 12.6. The molecule has 0 unspecified atom stereocenters. The summed E-state index contributed by atoms with van der Waals surface area (Å²) in [6.45, 7) is 2.27. The van der Waals surface area contributed by atoms with Crippen LogP contribution in [0.4, 0.5) is 17.2 Å². The van der Waals surface area contributed by atoms with Crippen molar-refractivity contribution in [2.24, 2.45) is 0 Å². The highest BCUT2D eigenvalue weighted by molar-refractivity contribution is 6.33. The SMILES string of the molecule is Cc1cc([N+](=O)[O-])cc(Cl)c1NCc1cccc(N(C)C)n1. The molecule has 2 aromatic rings. The van der Waals surface area contributed by atoms with E-state index in [4.69, 9.17) is 11.6 Å². The van der Waals surface area contributed by atoms with Crippen LogP contribution in [0.3, 0.4) is 0 Å². The second kappa shape index (κ2) is 6.62. The van der Waals surface area contributed by atoms with E-state index in [1.165, 1.54) is 12.1 Å². The van der Waals surface area contributed by atoms with Gasteiger partial charge in [-0.15, -0.1) is 0 Å². The molecule has 6 nitrogen and oxygen atoms in total. The zero-order valence-corrected chi connectivity index (χ0v) is 13.4. The largest absolute Gasteiger partial charge is 0.378 e. The molecule has 0 aliphatic rings. The molecule has 0 bridgehead atoms. The molecule has 22 heavy (non-hydrogen) atoms. The van der Waals surface area contributed by atoms with Crippen LogP contribution < -0.4 is 10.2 Å². The highest BCUT2D eigenvalue weighted by atomic mass is 35.5. The number of benzene rings is 1. The Morgan fingerprint density at radius 1 is 1.36 bits per heavy atom. The number of hydrogen-bond acceptors (Lipinski definition) is 5. The number of anilines is 2. The highest BCUT2D eigenvalue weighted by Gasteiger charge is 2.13. The van der Waals surface area contributed by atoms with Gasteiger partial charge in [0.05, 0.1) is 27.9 Å². The molecule has 0 radical (unpaired) electrons. The lowest BCUT2D eigenvalue weighted by Crippen LogP contribution is -2.12. The van der Waals surface area contributed by atoms with E-state index in [2.05, 4.69) is 10.3 Å². The number of aromatic nitrogens is 1. The van der Waals surface area contributed by atoms with Crippen LogP contribution in [-0.4, -0.2) is 24.0 Å². The minimum absolute atomic E-state index is 0.0132. The topological polar surface area (TPSA) is 71.3 Å². The minimum Gasteiger partial charge on any atom is -0.378 e. The predicted octanol–water partition coefficient (Wildman–Crippen LogP) is 3.63. The first-order valence-corrected chi connectivity index (χ1v) is 7.08. The summed E-state index contributed by atoms with van der Waals surface area (Å²) >= 11 is 6.13. The van der Waals surface area contributed by atoms with Crippen LogP contribution >= 0.6 is 11.6 Å². The van der Waals surface area contributed by atoms with Crippen molar-refractivity contribution in [2.45, 2.75) is 13.5 Å². The van der Waals surface area contributed by atoms with Gasteiger partial charge >= 0.3 is 0 Å². The molecule has 0 saturated heterocycles. The Kier molecular flexibility index (Phi) is 4.82. The van der Waals surface area contributed by atoms with Crippen LogP contribution in [0.25, 0.3) is 0 Å². The Hall–Kier alpha value is -2.34. The number of nitrogens with zero attached hydrogens (tertiary/aromatic N) is 3. The van der Waals surface area contributed by atoms with E-state index in [1.54, 1.807) is 6.92 Å². The van der Waals surface area contributed by atoms with Gasteiger partial charge in [0.1, 0.15) is 5.82 Å². The monoisotopic (exact) mass is 320 g/mol. The molecule has 116 valence electrons. The van der Waals surface area contributed by atoms with Gasteiger partial charge < -0.3 is 10.2 Å². The number of non-ortho nitro benzene ring substituents is 1. The first-order valence-electron chi connectivity index (χ1n) is 6.70. The van der Waals surface area contributed by atoms with E-state index < -0.39 is 4.92 Å². The first-order chi connectivity index (χ1) is 10.4. The number of nitro groups is 1. The molecule has 2 rings (SSSR count). The molecule has 0 saturated carbocycles. The number of nitrogens with one attached hydrogen (secondary N) is 1. The number of rotatable bonds is 5. The van der Waals surface area contributed by atoms with Crippen molar-refractivity contribution in [1.82, 2.24) is 4.98 Å². The van der Waals surface area contributed by atoms with E-state index in [0.29, 0.717) is 17.3 Å². The number of pyridine rings is 1. The lowest BCUT2D eigenvalue weighted by molar-refractivity contribution is -0.384. The fourth-order valence-electron chi connectivity index (χ4n) is 2.05. The smallest absolute Gasteiger partial charge is 0.271 e. The Bertz CT molecular complexity index is 681. The summed E-state index contributed by atoms with van der Waals surface area (Å²) in [5.41, 5.74) is 2.26. The summed E-state index contributed by atoms with van der Waals surface area (Å²) in [6, 6.07) is 8.62. The van der Waals surface area contributed by atoms with Crippen LogP contribution in [0.2, 0.25) is 5.02 Å². The average molecular weight is 321 g/mol. The Balaban J connectivity index is 2.18. The van der Waals surface area contributed by atoms with E-state index in [-0.39, 0.29) is 5.69 Å². The van der Waals surface area contributed by atoms with Gasteiger partial charge in [-0.1, -0.05) is 17.7 Å². The van der Waals surface area contributed by atoms with Gasteiger partial charge in [-0.3, -0.25) is 10.1 Å². The van der Waals surface area contributed by atoms with Crippen molar-refractivity contribution in [3.05, 3.63) is 56.7 Å². The number of hydrogen-bond donors (Lipinski definition) is 1. The maximum Gasteiger partial charge on any atom is 0.271 e. The Labute approximate surface area is 133 Å². The first kappa shape index (κ1) is 16.0. The Morgan fingerprint density at radius 2 is 2.09 bits per heavy atom. The normalized spacial score (nSPS) is 10.4. The fraction of sp³-hybridized carbons (Fsp3) is 0.267. The summed E-state index contributed by atoms with van der Waals surface area (Å²) in [5.74, 6) is 0.866. The van der Waals surface area contributed by atoms with Gasteiger partial charge in [-0.2, -0.15) is 0 Å². The van der Waals surface area contributed by atoms with Crippen molar-refractivity contribution in [3.8, 4) is 0 Å². The molecule has 0 amide bonds. The number of halogens is 1. The van der Waals surface area contributed by atoms with Gasteiger partial charge in [-0.05, 0) is 24.6 Å². The molecule has 7 heteroatoms. The lowest BCUT2D eigenvalue weighted by atomic mass is 10.1. The third kappa shape index (κ3) is 3.65. The van der Waals surface area contributed by atoms with Crippen molar-refractivity contribution in [2.75, 3.05) is 24.3 Å². The number of aryl methyl sites for hydroxylation is 1. The van der Waals surface area contributed by atoms with Gasteiger partial charge in [0.2, 0.25) is 0 Å². The molecule has 0 aliphatic carbocycles. The van der Waals surface area contributed by atoms with Crippen molar-refractivity contribution >= 4 is 28.8 Å². The van der Waals surface area contributed by atoms with Crippen LogP contribution in [0.5, 0.6) is 0 Å². The number of nitro benzene ring substituents is 1. The second-order valence-corrected chi connectivity index (χ2v) is 5.52. The van der Waals surface area contributed by atoms with Crippen LogP contribution in [-0.2, 0) is 6.54 Å². The molecular formula is C15H17ClN4O2. The third-order valence-electron chi connectivity index (χ3n) is 3.18. The Morgan fingerprint density at radius 3 is 2.68 bits per heavy atom. The molecule has 1 N–H and O–H groups in total. The molecular weight excluding hydrogens is 304 g/mol. The molecule has 0 aliphatic heterocycles. The van der Waals surface area contributed by atoms with Crippen molar-refractivity contribution in [1.29, 1.82) is 0 Å². The maximum atomic E-state index is 10.8. The van der Waals surface area contributed by atoms with Gasteiger partial charge in [-0.25, -0.2) is 4.98 Å². The quantitative estimate of drug-likeness (QED) is 0.673. The maximum absolute atomic E-state index is 10.8. The molecule has 0 atom stereocenters. The van der Waals surface area contributed by atoms with Crippen LogP contribution in [0, 0.1) is 17.0 Å². The average Bonchev–Trinajstić information content (AvgIpc) is 2.46. The molecule has 1 aromatic heterocycles. The fourth-order valence-corrected chi connectivity index (χ4v) is 2.38. The molecule has 0 fully saturated rings. The van der Waals surface area contributed by atoms with E-state index >= 15 is 0 Å². The summed E-state index contributed by atoms with van der Waals surface area (Å²) in [7, 11) is 3.85. The van der Waals surface area contributed by atoms with Gasteiger partial charge in [0.25, 0.3) is 5.69 Å². The van der Waals surface area contributed by atoms with Crippen molar-refractivity contribution in [3.63, 3.8) is 0 Å². The second-order valence-electron chi connectivity index (χ2n) is 5.11. The van der Waals surface area contributed by atoms with Crippen LogP contribution in [0.1, 0.15) is 11.3 Å². The van der Waals surface area contributed by atoms with E-state index in [1.807, 2.05) is 37.2 Å². The van der Waals surface area contributed by atoms with Gasteiger partial charge in [0, 0.05) is 26.2 Å². The minimum atomic E-state index is -0.454. The van der Waals surface area contributed by atoms with Gasteiger partial charge in [0.15, 0.2) is 0 Å². The summed E-state index contributed by atoms with van der Waals surface area (Å²) in [4.78, 5) is 16.8. The standard InChI is InChI=1S/C15H17ClN4O2/c1-10-7-12(20(21)22)8-13(16)15(10)17-9-11-5-4-6-14(18-11)19(2)3/h4-8,17H,9H2,1-3H3. The van der Waals surface area contributed by atoms with E-state index in [0.717, 1.165) is 17.1 Å². The summed E-state index contributed by atoms with van der Waals surface area (Å²) in [6.07, 6.45) is 0. The molecule has 0 spiro atoms. The van der Waals surface area contributed by atoms with Crippen molar-refractivity contribution < 1.29 is 4.92 Å². The summed E-state index contributed by atoms with van der Waals surface area (Å²) < 4.78 is 0. The van der Waals surface area contributed by atoms with E-state index in [9.17, 15) is 10.1 Å². The lowest BCUT2D eigenvalue weighted by Gasteiger charge is -2.14. The van der Waals surface area contributed by atoms with Crippen LogP contribution in [0.15, 0.2) is 30.3 Å².